The van der Waals surface area contributed by atoms with Gasteiger partial charge in [-0.2, -0.15) is 9.57 Å². The Kier molecular flexibility index (Phi) is 6.39. The van der Waals surface area contributed by atoms with E-state index < -0.39 is 10.0 Å². The van der Waals surface area contributed by atoms with Crippen molar-refractivity contribution in [2.75, 3.05) is 25.5 Å². The number of amides is 1. The van der Waals surface area contributed by atoms with Crippen molar-refractivity contribution in [2.24, 2.45) is 0 Å². The van der Waals surface area contributed by atoms with Gasteiger partial charge in [0.1, 0.15) is 11.1 Å². The second-order valence-electron chi connectivity index (χ2n) is 7.00. The van der Waals surface area contributed by atoms with Crippen molar-refractivity contribution in [1.82, 2.24) is 4.31 Å². The molecule has 0 spiro atoms. The van der Waals surface area contributed by atoms with Gasteiger partial charge in [0, 0.05) is 30.6 Å². The van der Waals surface area contributed by atoms with Crippen molar-refractivity contribution in [3.63, 3.8) is 0 Å². The minimum absolute atomic E-state index is 0.0770. The third-order valence-electron chi connectivity index (χ3n) is 5.03. The number of nitriles is 1. The molecule has 1 saturated heterocycles. The highest BCUT2D eigenvalue weighted by Gasteiger charge is 2.26. The largest absolute Gasteiger partial charge is 0.377 e. The number of nitrogens with one attached hydrogen (secondary N) is 1. The number of ether oxygens (including phenoxy) is 1. The first-order valence-electron chi connectivity index (χ1n) is 9.23. The first-order chi connectivity index (χ1) is 13.7. The van der Waals surface area contributed by atoms with E-state index in [1.165, 1.54) is 47.0 Å². The fraction of sp³-hybridized carbons (Fsp3) is 0.400. The van der Waals surface area contributed by atoms with Crippen LogP contribution < -0.4 is 5.32 Å². The van der Waals surface area contributed by atoms with Crippen LogP contribution in [0.1, 0.15) is 39.2 Å². The van der Waals surface area contributed by atoms with Crippen LogP contribution in [0.4, 0.5) is 5.00 Å². The van der Waals surface area contributed by atoms with Crippen molar-refractivity contribution in [1.29, 1.82) is 5.26 Å². The molecular weight excluding hydrogens is 410 g/mol. The molecule has 0 radical (unpaired) electrons. The number of likely N-dealkylation sites (N-methyl/N-ethyl adjacent to an activating group) is 1. The van der Waals surface area contributed by atoms with Crippen molar-refractivity contribution < 1.29 is 17.9 Å². The third kappa shape index (κ3) is 4.51. The normalized spacial score (nSPS) is 16.7. The number of rotatable bonds is 6. The summed E-state index contributed by atoms with van der Waals surface area (Å²) in [6, 6.07) is 7.91. The smallest absolute Gasteiger partial charge is 0.256 e. The summed E-state index contributed by atoms with van der Waals surface area (Å²) in [5, 5.41) is 12.6. The molecule has 1 amide bonds. The van der Waals surface area contributed by atoms with Gasteiger partial charge < -0.3 is 10.1 Å². The molecule has 3 rings (SSSR count). The average molecular weight is 434 g/mol. The number of nitrogens with zero attached hydrogens (tertiary/aromatic N) is 2. The summed E-state index contributed by atoms with van der Waals surface area (Å²) in [7, 11) is -2.13. The van der Waals surface area contributed by atoms with E-state index in [0.717, 1.165) is 23.3 Å². The molecule has 1 N–H and O–H groups in total. The molecule has 1 fully saturated rings. The topological polar surface area (TPSA) is 99.5 Å². The van der Waals surface area contributed by atoms with Gasteiger partial charge in [0.25, 0.3) is 5.91 Å². The predicted octanol–water partition coefficient (Wildman–Crippen LogP) is 3.29. The number of hydrogen-bond acceptors (Lipinski definition) is 6. The molecule has 7 nitrogen and oxygen atoms in total. The van der Waals surface area contributed by atoms with Crippen LogP contribution in [0.5, 0.6) is 0 Å². The predicted molar refractivity (Wildman–Crippen MR) is 112 cm³/mol. The van der Waals surface area contributed by atoms with Crippen LogP contribution in [0.25, 0.3) is 0 Å². The van der Waals surface area contributed by atoms with Crippen molar-refractivity contribution in [3.8, 4) is 6.07 Å². The molecule has 29 heavy (non-hydrogen) atoms. The van der Waals surface area contributed by atoms with Crippen LogP contribution in [-0.4, -0.2) is 44.9 Å². The Morgan fingerprint density at radius 2 is 2.03 bits per heavy atom. The number of carbonyl (C=O) groups excluding carboxylic acids is 1. The van der Waals surface area contributed by atoms with Crippen molar-refractivity contribution in [2.45, 2.75) is 37.7 Å². The molecule has 1 aliphatic rings. The maximum absolute atomic E-state index is 12.8. The number of carbonyl (C=O) groups is 1. The zero-order chi connectivity index (χ0) is 21.2. The second kappa shape index (κ2) is 8.63. The Morgan fingerprint density at radius 3 is 2.62 bits per heavy atom. The summed E-state index contributed by atoms with van der Waals surface area (Å²) in [6.45, 7) is 4.70. The molecule has 0 unspecified atom stereocenters. The Bertz CT molecular complexity index is 1050. The maximum Gasteiger partial charge on any atom is 0.256 e. The monoisotopic (exact) mass is 433 g/mol. The molecule has 2 aromatic rings. The average Bonchev–Trinajstić information content (AvgIpc) is 3.30. The summed E-state index contributed by atoms with van der Waals surface area (Å²) >= 11 is 1.35. The molecule has 2 heterocycles. The van der Waals surface area contributed by atoms with Crippen LogP contribution in [0.15, 0.2) is 29.2 Å². The fourth-order valence-electron chi connectivity index (χ4n) is 3.16. The van der Waals surface area contributed by atoms with Gasteiger partial charge >= 0.3 is 0 Å². The molecular formula is C20H23N3O4S2. The van der Waals surface area contributed by atoms with E-state index >= 15 is 0 Å². The molecule has 1 aromatic carbocycles. The lowest BCUT2D eigenvalue weighted by Crippen LogP contribution is -2.34. The lowest BCUT2D eigenvalue weighted by atomic mass is 10.2. The number of hydrogen-bond donors (Lipinski definition) is 1. The zero-order valence-corrected chi connectivity index (χ0v) is 18.2. The minimum Gasteiger partial charge on any atom is -0.377 e. The lowest BCUT2D eigenvalue weighted by molar-refractivity contribution is 0.0979. The van der Waals surface area contributed by atoms with Crippen molar-refractivity contribution >= 4 is 32.3 Å². The summed E-state index contributed by atoms with van der Waals surface area (Å²) < 4.78 is 32.3. The molecule has 1 aliphatic heterocycles. The Morgan fingerprint density at radius 1 is 1.34 bits per heavy atom. The van der Waals surface area contributed by atoms with Gasteiger partial charge in [-0.05, 0) is 56.5 Å². The van der Waals surface area contributed by atoms with Crippen LogP contribution in [-0.2, 0) is 14.8 Å². The van der Waals surface area contributed by atoms with Gasteiger partial charge in [0.2, 0.25) is 10.0 Å². The zero-order valence-electron chi connectivity index (χ0n) is 16.6. The van der Waals surface area contributed by atoms with E-state index in [9.17, 15) is 18.5 Å². The highest BCUT2D eigenvalue weighted by atomic mass is 32.2. The summed E-state index contributed by atoms with van der Waals surface area (Å²) in [5.41, 5.74) is 1.62. The lowest BCUT2D eigenvalue weighted by Gasteiger charge is -2.20. The van der Waals surface area contributed by atoms with Gasteiger partial charge in [-0.1, -0.05) is 0 Å². The Hall–Kier alpha value is -2.25. The van der Waals surface area contributed by atoms with Crippen LogP contribution in [0.3, 0.4) is 0 Å². The van der Waals surface area contributed by atoms with E-state index in [2.05, 4.69) is 11.4 Å². The van der Waals surface area contributed by atoms with E-state index in [1.54, 1.807) is 0 Å². The maximum atomic E-state index is 12.8. The highest BCUT2D eigenvalue weighted by molar-refractivity contribution is 7.89. The third-order valence-corrected chi connectivity index (χ3v) is 7.99. The van der Waals surface area contributed by atoms with E-state index in [4.69, 9.17) is 4.74 Å². The Labute approximate surface area is 175 Å². The summed E-state index contributed by atoms with van der Waals surface area (Å²) in [4.78, 5) is 13.6. The van der Waals surface area contributed by atoms with E-state index in [-0.39, 0.29) is 16.9 Å². The van der Waals surface area contributed by atoms with Gasteiger partial charge in [0.05, 0.1) is 16.6 Å². The van der Waals surface area contributed by atoms with E-state index in [0.29, 0.717) is 29.3 Å². The first-order valence-corrected chi connectivity index (χ1v) is 11.5. The molecule has 0 aliphatic carbocycles. The number of sulfonamides is 1. The fourth-order valence-corrected chi connectivity index (χ4v) is 5.36. The van der Waals surface area contributed by atoms with Crippen molar-refractivity contribution in [3.05, 3.63) is 45.8 Å². The van der Waals surface area contributed by atoms with Gasteiger partial charge in [-0.25, -0.2) is 8.42 Å². The van der Waals surface area contributed by atoms with Crippen LogP contribution in [0.2, 0.25) is 0 Å². The number of thiophene rings is 1. The quantitative estimate of drug-likeness (QED) is 0.754. The molecule has 154 valence electrons. The standard InChI is InChI=1S/C20H23N3O4S2/c1-13-14(2)28-20(18(13)11-21)22-19(24)15-6-8-17(9-7-15)29(25,26)23(3)12-16-5-4-10-27-16/h6-9,16H,4-5,10,12H2,1-3H3,(H,22,24)/t16-/m0/s1. The first kappa shape index (κ1) is 21.5. The second-order valence-corrected chi connectivity index (χ2v) is 10.3. The molecule has 1 atom stereocenters. The SMILES string of the molecule is Cc1sc(NC(=O)c2ccc(S(=O)(=O)N(C)C[C@@H]3CCCO3)cc2)c(C#N)c1C. The number of anilines is 1. The van der Waals surface area contributed by atoms with Gasteiger partial charge in [-0.15, -0.1) is 11.3 Å². The highest BCUT2D eigenvalue weighted by Crippen LogP contribution is 2.32. The molecule has 0 saturated carbocycles. The minimum atomic E-state index is -3.66. The summed E-state index contributed by atoms with van der Waals surface area (Å²) in [6.07, 6.45) is 1.72. The molecule has 0 bridgehead atoms. The number of aryl methyl sites for hydroxylation is 1. The Balaban J connectivity index is 1.73. The summed E-state index contributed by atoms with van der Waals surface area (Å²) in [5.74, 6) is -0.389. The van der Waals surface area contributed by atoms with Crippen LogP contribution in [0, 0.1) is 25.2 Å². The number of benzene rings is 1. The molecule has 1 aromatic heterocycles. The van der Waals surface area contributed by atoms with E-state index in [1.807, 2.05) is 13.8 Å². The van der Waals surface area contributed by atoms with Gasteiger partial charge in [0.15, 0.2) is 0 Å². The molecule has 9 heteroatoms. The van der Waals surface area contributed by atoms with Gasteiger partial charge in [-0.3, -0.25) is 4.79 Å². The van der Waals surface area contributed by atoms with Crippen LogP contribution >= 0.6 is 11.3 Å².